The van der Waals surface area contributed by atoms with Crippen LogP contribution in [0.1, 0.15) is 22.8 Å². The van der Waals surface area contributed by atoms with Gasteiger partial charge < -0.3 is 20.8 Å². The number of primary amides is 1. The summed E-state index contributed by atoms with van der Waals surface area (Å²) >= 11 is 0. The second-order valence-corrected chi connectivity index (χ2v) is 6.10. The van der Waals surface area contributed by atoms with Crippen LogP contribution in [0.15, 0.2) is 54.7 Å². The normalized spacial score (nSPS) is 11.7. The molecule has 0 fully saturated rings. The number of amides is 2. The molecule has 0 spiro atoms. The molecule has 0 aliphatic carbocycles. The summed E-state index contributed by atoms with van der Waals surface area (Å²) in [5.74, 6) is -1.51. The average molecular weight is 365 g/mol. The maximum atomic E-state index is 12.2. The Hall–Kier alpha value is -3.61. The zero-order chi connectivity index (χ0) is 19.4. The van der Waals surface area contributed by atoms with E-state index in [1.165, 1.54) is 19.1 Å². The van der Waals surface area contributed by atoms with Gasteiger partial charge in [-0.05, 0) is 42.8 Å². The number of carbonyl (C=O) groups is 3. The molecule has 27 heavy (non-hydrogen) atoms. The summed E-state index contributed by atoms with van der Waals surface area (Å²) in [5, 5.41) is 3.57. The Labute approximate surface area is 155 Å². The average Bonchev–Trinajstić information content (AvgIpc) is 3.05. The third-order valence-corrected chi connectivity index (χ3v) is 4.12. The van der Waals surface area contributed by atoms with Crippen molar-refractivity contribution in [3.8, 4) is 0 Å². The number of aromatic nitrogens is 1. The molecule has 0 aliphatic rings. The van der Waals surface area contributed by atoms with Gasteiger partial charge in [0.2, 0.25) is 5.91 Å². The second kappa shape index (κ2) is 7.74. The van der Waals surface area contributed by atoms with Gasteiger partial charge >= 0.3 is 5.97 Å². The Morgan fingerprint density at radius 3 is 2.52 bits per heavy atom. The van der Waals surface area contributed by atoms with Crippen LogP contribution >= 0.6 is 0 Å². The number of H-pyrrole nitrogens is 1. The summed E-state index contributed by atoms with van der Waals surface area (Å²) in [4.78, 5) is 38.5. The van der Waals surface area contributed by atoms with Gasteiger partial charge in [0.1, 0.15) is 0 Å². The van der Waals surface area contributed by atoms with Gasteiger partial charge in [-0.1, -0.05) is 18.2 Å². The highest BCUT2D eigenvalue weighted by atomic mass is 16.5. The Bertz CT molecular complexity index is 992. The molecule has 1 aromatic heterocycles. The number of nitrogens with one attached hydrogen (secondary N) is 2. The smallest absolute Gasteiger partial charge is 0.311 e. The van der Waals surface area contributed by atoms with Crippen LogP contribution < -0.4 is 11.1 Å². The van der Waals surface area contributed by atoms with Crippen molar-refractivity contribution in [2.45, 2.75) is 19.4 Å². The SMILES string of the molecule is C[C@H](OC(=O)Cc1c[nH]c2ccccc12)C(=O)Nc1ccc(C(N)=O)cc1. The molecule has 7 nitrogen and oxygen atoms in total. The van der Waals surface area contributed by atoms with Gasteiger partial charge in [0.25, 0.3) is 5.91 Å². The lowest BCUT2D eigenvalue weighted by molar-refractivity contribution is -0.152. The molecule has 0 saturated carbocycles. The number of nitrogens with two attached hydrogens (primary N) is 1. The van der Waals surface area contributed by atoms with Gasteiger partial charge in [-0.15, -0.1) is 0 Å². The first kappa shape index (κ1) is 18.2. The maximum Gasteiger partial charge on any atom is 0.311 e. The summed E-state index contributed by atoms with van der Waals surface area (Å²) in [6.45, 7) is 1.50. The number of carbonyl (C=O) groups excluding carboxylic acids is 3. The van der Waals surface area contributed by atoms with Crippen LogP contribution in [-0.2, 0) is 20.7 Å². The zero-order valence-electron chi connectivity index (χ0n) is 14.7. The topological polar surface area (TPSA) is 114 Å². The molecule has 0 aliphatic heterocycles. The molecule has 3 aromatic rings. The van der Waals surface area contributed by atoms with Crippen molar-refractivity contribution in [2.75, 3.05) is 5.32 Å². The molecule has 138 valence electrons. The van der Waals surface area contributed by atoms with E-state index in [-0.39, 0.29) is 6.42 Å². The number of rotatable bonds is 6. The molecule has 4 N–H and O–H groups in total. The van der Waals surface area contributed by atoms with Gasteiger partial charge in [0.05, 0.1) is 6.42 Å². The van der Waals surface area contributed by atoms with Crippen LogP contribution in [0.5, 0.6) is 0 Å². The molecule has 0 bridgehead atoms. The number of benzene rings is 2. The fourth-order valence-corrected chi connectivity index (χ4v) is 2.69. The van der Waals surface area contributed by atoms with Gasteiger partial charge in [-0.2, -0.15) is 0 Å². The fourth-order valence-electron chi connectivity index (χ4n) is 2.69. The van der Waals surface area contributed by atoms with E-state index in [9.17, 15) is 14.4 Å². The number of anilines is 1. The summed E-state index contributed by atoms with van der Waals surface area (Å²) in [7, 11) is 0. The van der Waals surface area contributed by atoms with Crippen LogP contribution in [-0.4, -0.2) is 28.9 Å². The third-order valence-electron chi connectivity index (χ3n) is 4.12. The Morgan fingerprint density at radius 2 is 1.81 bits per heavy atom. The predicted octanol–water partition coefficient (Wildman–Crippen LogP) is 2.38. The van der Waals surface area contributed by atoms with Gasteiger partial charge in [-0.3, -0.25) is 14.4 Å². The Balaban J connectivity index is 1.57. The Morgan fingerprint density at radius 1 is 1.11 bits per heavy atom. The second-order valence-electron chi connectivity index (χ2n) is 6.10. The maximum absolute atomic E-state index is 12.2. The van der Waals surface area contributed by atoms with Crippen molar-refractivity contribution in [1.82, 2.24) is 4.98 Å². The highest BCUT2D eigenvalue weighted by Gasteiger charge is 2.19. The molecule has 0 saturated heterocycles. The van der Waals surface area contributed by atoms with Gasteiger partial charge in [0, 0.05) is 28.4 Å². The molecular weight excluding hydrogens is 346 g/mol. The minimum atomic E-state index is -0.960. The highest BCUT2D eigenvalue weighted by molar-refractivity contribution is 5.97. The number of esters is 1. The number of aromatic amines is 1. The van der Waals surface area contributed by atoms with E-state index in [1.807, 2.05) is 24.3 Å². The molecule has 7 heteroatoms. The van der Waals surface area contributed by atoms with Crippen molar-refractivity contribution in [1.29, 1.82) is 0 Å². The number of hydrogen-bond donors (Lipinski definition) is 3. The lowest BCUT2D eigenvalue weighted by atomic mass is 10.1. The summed E-state index contributed by atoms with van der Waals surface area (Å²) < 4.78 is 5.23. The van der Waals surface area contributed by atoms with Crippen LogP contribution in [0.2, 0.25) is 0 Å². The molecule has 1 heterocycles. The van der Waals surface area contributed by atoms with Gasteiger partial charge in [-0.25, -0.2) is 0 Å². The van der Waals surface area contributed by atoms with E-state index in [0.717, 1.165) is 16.5 Å². The first-order valence-electron chi connectivity index (χ1n) is 8.39. The molecule has 0 radical (unpaired) electrons. The summed E-state index contributed by atoms with van der Waals surface area (Å²) in [5.41, 5.74) is 7.73. The van der Waals surface area contributed by atoms with Crippen LogP contribution in [0.4, 0.5) is 5.69 Å². The van der Waals surface area contributed by atoms with E-state index in [1.54, 1.807) is 18.3 Å². The molecule has 3 rings (SSSR count). The number of fused-ring (bicyclic) bond motifs is 1. The minimum absolute atomic E-state index is 0.0644. The molecule has 0 unspecified atom stereocenters. The van der Waals surface area contributed by atoms with Crippen LogP contribution in [0.25, 0.3) is 10.9 Å². The first-order valence-corrected chi connectivity index (χ1v) is 8.39. The summed E-state index contributed by atoms with van der Waals surface area (Å²) in [6, 6.07) is 13.8. The predicted molar refractivity (Wildman–Crippen MR) is 101 cm³/mol. The molecule has 2 aromatic carbocycles. The van der Waals surface area contributed by atoms with E-state index in [0.29, 0.717) is 11.3 Å². The fraction of sp³-hybridized carbons (Fsp3) is 0.150. The molecular formula is C20H19N3O4. The van der Waals surface area contributed by atoms with Crippen molar-refractivity contribution in [2.24, 2.45) is 5.73 Å². The zero-order valence-corrected chi connectivity index (χ0v) is 14.7. The quantitative estimate of drug-likeness (QED) is 0.582. The van der Waals surface area contributed by atoms with Crippen LogP contribution in [0, 0.1) is 0 Å². The standard InChI is InChI=1S/C20H19N3O4/c1-12(20(26)23-15-8-6-13(7-9-15)19(21)25)27-18(24)10-14-11-22-17-5-3-2-4-16(14)17/h2-9,11-12,22H,10H2,1H3,(H2,21,25)(H,23,26)/t12-/m0/s1. The number of hydrogen-bond acceptors (Lipinski definition) is 4. The lowest BCUT2D eigenvalue weighted by Crippen LogP contribution is -2.30. The third kappa shape index (κ3) is 4.33. The largest absolute Gasteiger partial charge is 0.452 e. The van der Waals surface area contributed by atoms with Crippen molar-refractivity contribution < 1.29 is 19.1 Å². The summed E-state index contributed by atoms with van der Waals surface area (Å²) in [6.07, 6.45) is 0.866. The van der Waals surface area contributed by atoms with E-state index in [2.05, 4.69) is 10.3 Å². The van der Waals surface area contributed by atoms with E-state index in [4.69, 9.17) is 10.5 Å². The Kier molecular flexibility index (Phi) is 5.21. The van der Waals surface area contributed by atoms with Crippen molar-refractivity contribution in [3.63, 3.8) is 0 Å². The minimum Gasteiger partial charge on any atom is -0.452 e. The highest BCUT2D eigenvalue weighted by Crippen LogP contribution is 2.18. The first-order chi connectivity index (χ1) is 12.9. The lowest BCUT2D eigenvalue weighted by Gasteiger charge is -2.13. The van der Waals surface area contributed by atoms with E-state index >= 15 is 0 Å². The van der Waals surface area contributed by atoms with Crippen molar-refractivity contribution in [3.05, 3.63) is 65.9 Å². The van der Waals surface area contributed by atoms with Crippen molar-refractivity contribution >= 4 is 34.4 Å². The molecule has 1 atom stereocenters. The van der Waals surface area contributed by atoms with Gasteiger partial charge in [0.15, 0.2) is 6.10 Å². The number of para-hydroxylation sites is 1. The molecule has 2 amide bonds. The van der Waals surface area contributed by atoms with Crippen LogP contribution in [0.3, 0.4) is 0 Å². The van der Waals surface area contributed by atoms with E-state index < -0.39 is 23.9 Å². The monoisotopic (exact) mass is 365 g/mol. The number of ether oxygens (including phenoxy) is 1.